The summed E-state index contributed by atoms with van der Waals surface area (Å²) in [4.78, 5) is 5.98. The van der Waals surface area contributed by atoms with Gasteiger partial charge in [0.25, 0.3) is 0 Å². The molecule has 1 unspecified atom stereocenters. The Balaban J connectivity index is 1.68. The lowest BCUT2D eigenvalue weighted by Crippen LogP contribution is -2.35. The van der Waals surface area contributed by atoms with E-state index in [1.165, 1.54) is 29.4 Å². The summed E-state index contributed by atoms with van der Waals surface area (Å²) in [7, 11) is 0. The smallest absolute Gasteiger partial charge is 0.0456 e. The number of nitrogens with one attached hydrogen (secondary N) is 2. The molecule has 1 aromatic heterocycles. The number of benzene rings is 1. The molecule has 2 aromatic rings. The van der Waals surface area contributed by atoms with Gasteiger partial charge in [0.2, 0.25) is 0 Å². The molecule has 0 bridgehead atoms. The third-order valence-corrected chi connectivity index (χ3v) is 4.28. The van der Waals surface area contributed by atoms with Crippen molar-refractivity contribution in [1.82, 2.24) is 15.2 Å². The van der Waals surface area contributed by atoms with Crippen LogP contribution in [0.3, 0.4) is 0 Å². The molecule has 3 nitrogen and oxygen atoms in total. The molecular formula is C16H23N3. The summed E-state index contributed by atoms with van der Waals surface area (Å²) in [5.74, 6) is 0. The molecule has 1 saturated heterocycles. The van der Waals surface area contributed by atoms with Gasteiger partial charge in [0.05, 0.1) is 0 Å². The van der Waals surface area contributed by atoms with Crippen molar-refractivity contribution < 1.29 is 0 Å². The second kappa shape index (κ2) is 5.76. The summed E-state index contributed by atoms with van der Waals surface area (Å²) >= 11 is 0. The van der Waals surface area contributed by atoms with Crippen LogP contribution in [0.1, 0.15) is 18.9 Å². The number of aromatic amines is 1. The Hall–Kier alpha value is -1.32. The predicted octanol–water partition coefficient (Wildman–Crippen LogP) is 2.39. The Morgan fingerprint density at radius 1 is 1.26 bits per heavy atom. The van der Waals surface area contributed by atoms with E-state index in [9.17, 15) is 0 Å². The predicted molar refractivity (Wildman–Crippen MR) is 80.5 cm³/mol. The summed E-state index contributed by atoms with van der Waals surface area (Å²) in [6.07, 6.45) is 4.56. The minimum atomic E-state index is 0.695. The van der Waals surface area contributed by atoms with Crippen molar-refractivity contribution in [2.24, 2.45) is 0 Å². The molecule has 3 rings (SSSR count). The SMILES string of the molecule is CC1CCNCCN1CCc1c[nH]c2ccccc12. The van der Waals surface area contributed by atoms with E-state index in [4.69, 9.17) is 0 Å². The molecular weight excluding hydrogens is 234 g/mol. The van der Waals surface area contributed by atoms with E-state index in [1.54, 1.807) is 0 Å². The van der Waals surface area contributed by atoms with Gasteiger partial charge in [0.1, 0.15) is 0 Å². The molecule has 1 atom stereocenters. The first-order chi connectivity index (χ1) is 9.34. The highest BCUT2D eigenvalue weighted by atomic mass is 15.2. The molecule has 1 fully saturated rings. The Labute approximate surface area is 115 Å². The van der Waals surface area contributed by atoms with Crippen LogP contribution in [-0.4, -0.2) is 42.1 Å². The number of hydrogen-bond donors (Lipinski definition) is 2. The Kier molecular flexibility index (Phi) is 3.85. The molecule has 2 N–H and O–H groups in total. The zero-order valence-corrected chi connectivity index (χ0v) is 11.7. The van der Waals surface area contributed by atoms with Gasteiger partial charge in [0.15, 0.2) is 0 Å². The summed E-state index contributed by atoms with van der Waals surface area (Å²) < 4.78 is 0. The Bertz CT molecular complexity index is 532. The van der Waals surface area contributed by atoms with Crippen LogP contribution < -0.4 is 5.32 Å². The first kappa shape index (κ1) is 12.7. The van der Waals surface area contributed by atoms with Crippen molar-refractivity contribution in [2.75, 3.05) is 26.2 Å². The van der Waals surface area contributed by atoms with Gasteiger partial charge in [-0.1, -0.05) is 18.2 Å². The standard InChI is InChI=1S/C16H23N3/c1-13-6-8-17-9-11-19(13)10-7-14-12-18-16-5-3-2-4-15(14)16/h2-5,12-13,17-18H,6-11H2,1H3. The number of aromatic nitrogens is 1. The molecule has 1 aliphatic heterocycles. The van der Waals surface area contributed by atoms with Gasteiger partial charge in [-0.25, -0.2) is 0 Å². The monoisotopic (exact) mass is 257 g/mol. The van der Waals surface area contributed by atoms with E-state index in [-0.39, 0.29) is 0 Å². The van der Waals surface area contributed by atoms with Crippen LogP contribution in [0.25, 0.3) is 10.9 Å². The number of hydrogen-bond acceptors (Lipinski definition) is 2. The lowest BCUT2D eigenvalue weighted by Gasteiger charge is -2.26. The first-order valence-electron chi connectivity index (χ1n) is 7.34. The summed E-state index contributed by atoms with van der Waals surface area (Å²) in [6, 6.07) is 9.27. The van der Waals surface area contributed by atoms with E-state index in [0.29, 0.717) is 6.04 Å². The number of para-hydroxylation sites is 1. The fourth-order valence-corrected chi connectivity index (χ4v) is 3.00. The summed E-state index contributed by atoms with van der Waals surface area (Å²) in [6.45, 7) is 6.96. The Morgan fingerprint density at radius 3 is 3.11 bits per heavy atom. The van der Waals surface area contributed by atoms with Crippen molar-refractivity contribution in [3.05, 3.63) is 36.0 Å². The Morgan fingerprint density at radius 2 is 2.16 bits per heavy atom. The van der Waals surface area contributed by atoms with Gasteiger partial charge in [-0.05, 0) is 37.9 Å². The van der Waals surface area contributed by atoms with Crippen LogP contribution in [0.4, 0.5) is 0 Å². The van der Waals surface area contributed by atoms with E-state index in [0.717, 1.165) is 26.1 Å². The number of rotatable bonds is 3. The fourth-order valence-electron chi connectivity index (χ4n) is 3.00. The zero-order valence-electron chi connectivity index (χ0n) is 11.7. The highest BCUT2D eigenvalue weighted by Crippen LogP contribution is 2.19. The first-order valence-corrected chi connectivity index (χ1v) is 7.34. The maximum absolute atomic E-state index is 3.48. The molecule has 2 heterocycles. The van der Waals surface area contributed by atoms with Gasteiger partial charge in [-0.2, -0.15) is 0 Å². The van der Waals surface area contributed by atoms with Crippen molar-refractivity contribution in [3.63, 3.8) is 0 Å². The highest BCUT2D eigenvalue weighted by Gasteiger charge is 2.16. The fraction of sp³-hybridized carbons (Fsp3) is 0.500. The van der Waals surface area contributed by atoms with Gasteiger partial charge in [-0.15, -0.1) is 0 Å². The van der Waals surface area contributed by atoms with E-state index < -0.39 is 0 Å². The van der Waals surface area contributed by atoms with Crippen LogP contribution in [-0.2, 0) is 6.42 Å². The molecule has 0 saturated carbocycles. The van der Waals surface area contributed by atoms with Crippen LogP contribution in [0.2, 0.25) is 0 Å². The summed E-state index contributed by atoms with van der Waals surface area (Å²) in [5.41, 5.74) is 2.70. The van der Waals surface area contributed by atoms with Crippen molar-refractivity contribution >= 4 is 10.9 Å². The molecule has 19 heavy (non-hydrogen) atoms. The molecule has 102 valence electrons. The average Bonchev–Trinajstić information content (AvgIpc) is 2.73. The molecule has 1 aromatic carbocycles. The van der Waals surface area contributed by atoms with Gasteiger partial charge >= 0.3 is 0 Å². The van der Waals surface area contributed by atoms with Gasteiger partial charge < -0.3 is 10.3 Å². The molecule has 3 heteroatoms. The number of fused-ring (bicyclic) bond motifs is 1. The van der Waals surface area contributed by atoms with E-state index in [2.05, 4.69) is 52.6 Å². The minimum absolute atomic E-state index is 0.695. The molecule has 1 aliphatic rings. The second-order valence-electron chi connectivity index (χ2n) is 5.53. The van der Waals surface area contributed by atoms with E-state index >= 15 is 0 Å². The molecule has 0 spiro atoms. The minimum Gasteiger partial charge on any atom is -0.361 e. The average molecular weight is 257 g/mol. The number of H-pyrrole nitrogens is 1. The lowest BCUT2D eigenvalue weighted by molar-refractivity contribution is 0.223. The third-order valence-electron chi connectivity index (χ3n) is 4.28. The van der Waals surface area contributed by atoms with Gasteiger partial charge in [-0.3, -0.25) is 4.90 Å². The normalized spacial score (nSPS) is 21.6. The highest BCUT2D eigenvalue weighted by molar-refractivity contribution is 5.83. The topological polar surface area (TPSA) is 31.1 Å². The van der Waals surface area contributed by atoms with Crippen molar-refractivity contribution in [3.8, 4) is 0 Å². The largest absolute Gasteiger partial charge is 0.361 e. The van der Waals surface area contributed by atoms with E-state index in [1.807, 2.05) is 0 Å². The quantitative estimate of drug-likeness (QED) is 0.884. The maximum atomic E-state index is 3.48. The van der Waals surface area contributed by atoms with Crippen molar-refractivity contribution in [2.45, 2.75) is 25.8 Å². The van der Waals surface area contributed by atoms with Gasteiger partial charge in [0, 0.05) is 42.8 Å². The lowest BCUT2D eigenvalue weighted by atomic mass is 10.1. The van der Waals surface area contributed by atoms with Crippen LogP contribution in [0.5, 0.6) is 0 Å². The second-order valence-corrected chi connectivity index (χ2v) is 5.53. The number of nitrogens with zero attached hydrogens (tertiary/aromatic N) is 1. The van der Waals surface area contributed by atoms with Crippen LogP contribution in [0.15, 0.2) is 30.5 Å². The van der Waals surface area contributed by atoms with Crippen LogP contribution in [0, 0.1) is 0 Å². The summed E-state index contributed by atoms with van der Waals surface area (Å²) in [5, 5.41) is 4.86. The molecule has 0 aliphatic carbocycles. The maximum Gasteiger partial charge on any atom is 0.0456 e. The third kappa shape index (κ3) is 2.82. The zero-order chi connectivity index (χ0) is 13.1. The van der Waals surface area contributed by atoms with Crippen LogP contribution >= 0.6 is 0 Å². The molecule has 0 amide bonds. The van der Waals surface area contributed by atoms with Crippen molar-refractivity contribution in [1.29, 1.82) is 0 Å². The molecule has 0 radical (unpaired) electrons.